The Hall–Kier alpha value is -4.34. The van der Waals surface area contributed by atoms with E-state index in [0.717, 1.165) is 20.1 Å². The van der Waals surface area contributed by atoms with Gasteiger partial charge in [-0.2, -0.15) is 0 Å². The van der Waals surface area contributed by atoms with Gasteiger partial charge in [0.15, 0.2) is 0 Å². The molecule has 2 heterocycles. The van der Waals surface area contributed by atoms with E-state index in [4.69, 9.17) is 18.9 Å². The van der Waals surface area contributed by atoms with E-state index >= 15 is 0 Å². The predicted octanol–water partition coefficient (Wildman–Crippen LogP) is 9.80. The topological polar surface area (TPSA) is 77.7 Å². The summed E-state index contributed by atoms with van der Waals surface area (Å²) >= 11 is 6.69. The van der Waals surface area contributed by atoms with Crippen molar-refractivity contribution in [3.05, 3.63) is 165 Å². The van der Waals surface area contributed by atoms with Crippen molar-refractivity contribution in [1.29, 1.82) is 0 Å². The number of carbonyl (C=O) groups excluding carboxylic acids is 2. The Balaban J connectivity index is 0.000000152. The highest BCUT2D eigenvalue weighted by molar-refractivity contribution is 9.10. The van der Waals surface area contributed by atoms with E-state index in [2.05, 4.69) is 92.5 Å². The number of halogens is 2. The fraction of sp³-hybridized carbons (Fsp3) is 0.150. The van der Waals surface area contributed by atoms with Gasteiger partial charge in [-0.25, -0.2) is 9.59 Å². The molecular formula is C40H30Br2O6. The molecule has 8 heteroatoms. The van der Waals surface area contributed by atoms with E-state index < -0.39 is 0 Å². The molecule has 240 valence electrons. The zero-order valence-electron chi connectivity index (χ0n) is 25.6. The molecule has 0 aromatic heterocycles. The highest BCUT2D eigenvalue weighted by Gasteiger charge is 2.42. The molecule has 0 bridgehead atoms. The summed E-state index contributed by atoms with van der Waals surface area (Å²) in [4.78, 5) is 24.0. The van der Waals surface area contributed by atoms with Crippen LogP contribution in [0.5, 0.6) is 0 Å². The highest BCUT2D eigenvalue weighted by atomic mass is 79.9. The lowest BCUT2D eigenvalue weighted by molar-refractivity contribution is 0.0468. The molecule has 2 saturated heterocycles. The zero-order valence-corrected chi connectivity index (χ0v) is 28.8. The van der Waals surface area contributed by atoms with Crippen LogP contribution in [0.4, 0.5) is 0 Å². The molecule has 48 heavy (non-hydrogen) atoms. The van der Waals surface area contributed by atoms with Gasteiger partial charge in [-0.15, -0.1) is 0 Å². The normalized spacial score (nSPS) is 19.2. The molecule has 0 N–H and O–H groups in total. The third-order valence-corrected chi connectivity index (χ3v) is 9.34. The number of esters is 2. The fourth-order valence-corrected chi connectivity index (χ4v) is 6.08. The largest absolute Gasteiger partial charge is 0.459 e. The van der Waals surface area contributed by atoms with Gasteiger partial charge in [0.1, 0.15) is 37.6 Å². The van der Waals surface area contributed by atoms with E-state index in [1.54, 1.807) is 24.3 Å². The summed E-state index contributed by atoms with van der Waals surface area (Å²) in [6, 6.07) is 43.3. The van der Waals surface area contributed by atoms with Crippen molar-refractivity contribution in [1.82, 2.24) is 0 Å². The number of hydrogen-bond acceptors (Lipinski definition) is 6. The molecule has 0 unspecified atom stereocenters. The number of epoxide rings is 2. The summed E-state index contributed by atoms with van der Waals surface area (Å²) in [6.45, 7) is 0.540. The van der Waals surface area contributed by atoms with E-state index in [1.807, 2.05) is 48.5 Å². The van der Waals surface area contributed by atoms with E-state index in [-0.39, 0.29) is 49.6 Å². The second-order valence-corrected chi connectivity index (χ2v) is 13.4. The fourth-order valence-electron chi connectivity index (χ4n) is 5.55. The Morgan fingerprint density at radius 2 is 0.875 bits per heavy atom. The number of benzene rings is 6. The van der Waals surface area contributed by atoms with Crippen LogP contribution in [0.3, 0.4) is 0 Å². The van der Waals surface area contributed by atoms with Crippen molar-refractivity contribution in [2.24, 2.45) is 0 Å². The molecule has 0 radical (unpaired) electrons. The van der Waals surface area contributed by atoms with Gasteiger partial charge in [0.2, 0.25) is 0 Å². The average Bonchev–Trinajstić information content (AvgIpc) is 4.06. The molecule has 2 aliphatic rings. The van der Waals surface area contributed by atoms with Crippen molar-refractivity contribution >= 4 is 65.3 Å². The average molecular weight is 766 g/mol. The van der Waals surface area contributed by atoms with Crippen molar-refractivity contribution in [2.45, 2.75) is 24.4 Å². The molecule has 0 saturated carbocycles. The van der Waals surface area contributed by atoms with Crippen LogP contribution in [0.2, 0.25) is 0 Å². The van der Waals surface area contributed by atoms with E-state index in [0.29, 0.717) is 11.1 Å². The number of hydrogen-bond donors (Lipinski definition) is 0. The molecule has 2 aliphatic heterocycles. The lowest BCUT2D eigenvalue weighted by atomic mass is 10.0. The first kappa shape index (κ1) is 32.2. The second kappa shape index (κ2) is 14.4. The molecule has 2 fully saturated rings. The van der Waals surface area contributed by atoms with E-state index in [1.165, 1.54) is 21.5 Å². The summed E-state index contributed by atoms with van der Waals surface area (Å²) in [7, 11) is 0. The number of rotatable bonds is 8. The van der Waals surface area contributed by atoms with Gasteiger partial charge < -0.3 is 18.9 Å². The Morgan fingerprint density at radius 1 is 0.500 bits per heavy atom. The Morgan fingerprint density at radius 3 is 1.27 bits per heavy atom. The first-order chi connectivity index (χ1) is 23.4. The van der Waals surface area contributed by atoms with Crippen molar-refractivity contribution in [2.75, 3.05) is 13.2 Å². The van der Waals surface area contributed by atoms with Gasteiger partial charge >= 0.3 is 11.9 Å². The van der Waals surface area contributed by atoms with Gasteiger partial charge in [0.25, 0.3) is 0 Å². The summed E-state index contributed by atoms with van der Waals surface area (Å²) in [6.07, 6.45) is -0.115. The first-order valence-electron chi connectivity index (χ1n) is 15.5. The third kappa shape index (κ3) is 7.85. The maximum Gasteiger partial charge on any atom is 0.338 e. The Bertz CT molecular complexity index is 1930. The van der Waals surface area contributed by atoms with Gasteiger partial charge in [-0.1, -0.05) is 105 Å². The maximum absolute atomic E-state index is 12.0. The molecule has 4 atom stereocenters. The number of carbonyl (C=O) groups is 2. The van der Waals surface area contributed by atoms with Crippen LogP contribution in [0.25, 0.3) is 21.5 Å². The minimum absolute atomic E-state index is 0.00678. The van der Waals surface area contributed by atoms with Crippen LogP contribution >= 0.6 is 31.9 Å². The van der Waals surface area contributed by atoms with Gasteiger partial charge in [0.05, 0.1) is 11.1 Å². The van der Waals surface area contributed by atoms with Crippen LogP contribution in [0, 0.1) is 0 Å². The van der Waals surface area contributed by atoms with Crippen LogP contribution in [-0.2, 0) is 18.9 Å². The molecule has 0 spiro atoms. The number of ether oxygens (including phenoxy) is 4. The molecular weight excluding hydrogens is 736 g/mol. The first-order valence-corrected chi connectivity index (χ1v) is 17.1. The lowest BCUT2D eigenvalue weighted by Crippen LogP contribution is -2.10. The predicted molar refractivity (Wildman–Crippen MR) is 192 cm³/mol. The molecule has 6 nitrogen and oxygen atoms in total. The quantitative estimate of drug-likeness (QED) is 0.113. The summed E-state index contributed by atoms with van der Waals surface area (Å²) in [5.41, 5.74) is 3.33. The van der Waals surface area contributed by atoms with Crippen LogP contribution in [0.1, 0.15) is 44.1 Å². The summed E-state index contributed by atoms with van der Waals surface area (Å²) in [5, 5.41) is 4.80. The van der Waals surface area contributed by atoms with Gasteiger partial charge in [0, 0.05) is 8.95 Å². The van der Waals surface area contributed by atoms with Crippen LogP contribution in [0.15, 0.2) is 142 Å². The van der Waals surface area contributed by atoms with Crippen LogP contribution in [-0.4, -0.2) is 37.4 Å². The Kier molecular flexibility index (Phi) is 9.68. The van der Waals surface area contributed by atoms with Gasteiger partial charge in [-0.3, -0.25) is 0 Å². The lowest BCUT2D eigenvalue weighted by Gasteiger charge is -2.03. The molecule has 6 aromatic rings. The second-order valence-electron chi connectivity index (χ2n) is 11.6. The van der Waals surface area contributed by atoms with Crippen molar-refractivity contribution in [3.8, 4) is 0 Å². The van der Waals surface area contributed by atoms with Crippen molar-refractivity contribution < 1.29 is 28.5 Å². The standard InChI is InChI=1S/2C20H15BrO3/c2*21-17-9-7-14(8-10-17)20(22)23-12-18-19(24-18)16-6-5-13-3-1-2-4-15(13)11-16/h2*1-11,18-19H,12H2/t2*18-,19-/m11/s1. The van der Waals surface area contributed by atoms with Gasteiger partial charge in [-0.05, 0) is 93.3 Å². The summed E-state index contributed by atoms with van der Waals surface area (Å²) < 4.78 is 23.9. The zero-order chi connectivity index (χ0) is 33.0. The monoisotopic (exact) mass is 764 g/mol. The SMILES string of the molecule is O=C(OC[C@H]1O[C@@H]1c1ccc2ccccc2c1)c1ccc(Br)cc1.O=C(OC[C@H]1O[C@@H]1c1ccc2ccccc2c1)c1ccc(Br)cc1. The minimum Gasteiger partial charge on any atom is -0.459 e. The highest BCUT2D eigenvalue weighted by Crippen LogP contribution is 2.41. The van der Waals surface area contributed by atoms with E-state index in [9.17, 15) is 9.59 Å². The number of fused-ring (bicyclic) bond motifs is 2. The maximum atomic E-state index is 12.0. The molecule has 6 aromatic carbocycles. The van der Waals surface area contributed by atoms with Crippen molar-refractivity contribution in [3.63, 3.8) is 0 Å². The molecule has 0 amide bonds. The summed E-state index contributed by atoms with van der Waals surface area (Å²) in [5.74, 6) is -0.648. The third-order valence-electron chi connectivity index (χ3n) is 8.29. The molecule has 8 rings (SSSR count). The van der Waals surface area contributed by atoms with Crippen LogP contribution < -0.4 is 0 Å². The molecule has 0 aliphatic carbocycles. The smallest absolute Gasteiger partial charge is 0.338 e. The Labute approximate surface area is 294 Å². The minimum atomic E-state index is -0.324.